The number of ether oxygens (including phenoxy) is 2. The molecule has 0 saturated heterocycles. The Labute approximate surface area is 234 Å². The van der Waals surface area contributed by atoms with Crippen LogP contribution in [-0.4, -0.2) is 28.8 Å². The molecule has 1 aliphatic rings. The van der Waals surface area contributed by atoms with E-state index in [1.165, 1.54) is 11.3 Å². The highest BCUT2D eigenvalue weighted by atomic mass is 35.5. The zero-order valence-electron chi connectivity index (χ0n) is 22.3. The summed E-state index contributed by atoms with van der Waals surface area (Å²) in [5.74, 6) is 0.0653. The number of carbonyl (C=O) groups is 1. The predicted molar refractivity (Wildman–Crippen MR) is 154 cm³/mol. The Morgan fingerprint density at radius 2 is 1.85 bits per heavy atom. The number of aryl methyl sites for hydroxylation is 1. The number of esters is 1. The maximum absolute atomic E-state index is 14.0. The largest absolute Gasteiger partial charge is 0.496 e. The van der Waals surface area contributed by atoms with Crippen LogP contribution in [0.2, 0.25) is 5.02 Å². The maximum atomic E-state index is 14.0. The minimum atomic E-state index is -0.736. The second-order valence-electron chi connectivity index (χ2n) is 9.18. The average molecular weight is 562 g/mol. The van der Waals surface area contributed by atoms with Gasteiger partial charge in [0.1, 0.15) is 11.8 Å². The van der Waals surface area contributed by atoms with Gasteiger partial charge in [0, 0.05) is 27.7 Å². The molecular weight excluding hydrogens is 534 g/mol. The fourth-order valence-corrected chi connectivity index (χ4v) is 6.20. The van der Waals surface area contributed by atoms with Gasteiger partial charge in [-0.3, -0.25) is 9.36 Å². The molecule has 39 heavy (non-hydrogen) atoms. The Hall–Kier alpha value is -3.88. The Bertz CT molecular complexity index is 1790. The van der Waals surface area contributed by atoms with E-state index in [-0.39, 0.29) is 12.2 Å². The van der Waals surface area contributed by atoms with Gasteiger partial charge in [-0.2, -0.15) is 0 Å². The van der Waals surface area contributed by atoms with Crippen LogP contribution in [0.3, 0.4) is 0 Å². The summed E-state index contributed by atoms with van der Waals surface area (Å²) in [6.07, 6.45) is 1.89. The van der Waals surface area contributed by atoms with Crippen molar-refractivity contribution < 1.29 is 14.3 Å². The summed E-state index contributed by atoms with van der Waals surface area (Å²) in [5, 5.41) is 0.671. The zero-order valence-corrected chi connectivity index (χ0v) is 23.9. The van der Waals surface area contributed by atoms with Crippen molar-refractivity contribution in [1.29, 1.82) is 0 Å². The lowest BCUT2D eigenvalue weighted by molar-refractivity contribution is -0.139. The molecule has 0 fully saturated rings. The first-order chi connectivity index (χ1) is 18.7. The number of methoxy groups -OCH3 is 1. The van der Waals surface area contributed by atoms with Crippen LogP contribution in [0.5, 0.6) is 5.75 Å². The molecule has 0 amide bonds. The van der Waals surface area contributed by atoms with Gasteiger partial charge >= 0.3 is 5.97 Å². The Balaban J connectivity index is 1.71. The standard InChI is InChI=1S/C30H28ClN3O4S/c1-6-38-29(36)26-18(3)32-30-34(27(26)23-9-7-8-10-24(23)37-5)28(35)25(39-30)16-20-15-17(2)33(19(20)4)22-13-11-21(31)12-14-22/h7-16,27H,6H2,1-5H3/b25-16-/t27-/m1/s1. The number of fused-ring (bicyclic) bond motifs is 1. The number of hydrogen-bond acceptors (Lipinski definition) is 6. The molecule has 200 valence electrons. The van der Waals surface area contributed by atoms with Crippen LogP contribution in [0, 0.1) is 13.8 Å². The molecule has 0 aliphatic carbocycles. The smallest absolute Gasteiger partial charge is 0.338 e. The minimum Gasteiger partial charge on any atom is -0.496 e. The minimum absolute atomic E-state index is 0.210. The molecule has 0 unspecified atom stereocenters. The second-order valence-corrected chi connectivity index (χ2v) is 10.6. The van der Waals surface area contributed by atoms with Crippen LogP contribution < -0.4 is 19.6 Å². The van der Waals surface area contributed by atoms with Crippen LogP contribution >= 0.6 is 22.9 Å². The number of benzene rings is 2. The fourth-order valence-electron chi connectivity index (χ4n) is 5.04. The highest BCUT2D eigenvalue weighted by molar-refractivity contribution is 7.07. The number of allylic oxidation sites excluding steroid dienone is 1. The molecule has 0 spiro atoms. The normalized spacial score (nSPS) is 15.2. The van der Waals surface area contributed by atoms with E-state index in [9.17, 15) is 9.59 Å². The Morgan fingerprint density at radius 3 is 2.54 bits per heavy atom. The van der Waals surface area contributed by atoms with Crippen molar-refractivity contribution in [3.63, 3.8) is 0 Å². The number of halogens is 1. The number of nitrogens with zero attached hydrogens (tertiary/aromatic N) is 3. The van der Waals surface area contributed by atoms with E-state index in [1.54, 1.807) is 25.5 Å². The summed E-state index contributed by atoms with van der Waals surface area (Å²) in [5.41, 5.74) is 5.21. The van der Waals surface area contributed by atoms with Crippen LogP contribution in [0.15, 0.2) is 75.7 Å². The van der Waals surface area contributed by atoms with Gasteiger partial charge in [-0.05, 0) is 75.7 Å². The molecule has 1 atom stereocenters. The molecule has 7 nitrogen and oxygen atoms in total. The lowest BCUT2D eigenvalue weighted by Gasteiger charge is -2.25. The second kappa shape index (κ2) is 10.7. The molecule has 3 heterocycles. The first-order valence-electron chi connectivity index (χ1n) is 12.5. The van der Waals surface area contributed by atoms with E-state index in [2.05, 4.69) is 15.6 Å². The van der Waals surface area contributed by atoms with E-state index in [0.717, 1.165) is 22.6 Å². The van der Waals surface area contributed by atoms with Gasteiger partial charge in [-0.25, -0.2) is 9.79 Å². The number of carbonyl (C=O) groups excluding carboxylic acids is 1. The third-order valence-corrected chi connectivity index (χ3v) is 8.03. The summed E-state index contributed by atoms with van der Waals surface area (Å²) in [6, 6.07) is 16.3. The van der Waals surface area contributed by atoms with E-state index in [0.29, 0.717) is 36.9 Å². The lowest BCUT2D eigenvalue weighted by atomic mass is 9.95. The molecule has 9 heteroatoms. The van der Waals surface area contributed by atoms with E-state index >= 15 is 0 Å². The predicted octanol–water partition coefficient (Wildman–Crippen LogP) is 4.87. The number of rotatable bonds is 6. The highest BCUT2D eigenvalue weighted by Gasteiger charge is 2.35. The molecule has 0 bridgehead atoms. The molecule has 0 saturated carbocycles. The van der Waals surface area contributed by atoms with Crippen molar-refractivity contribution >= 4 is 35.0 Å². The van der Waals surface area contributed by atoms with Gasteiger partial charge < -0.3 is 14.0 Å². The van der Waals surface area contributed by atoms with Gasteiger partial charge in [0.15, 0.2) is 4.80 Å². The van der Waals surface area contributed by atoms with Crippen LogP contribution in [0.25, 0.3) is 11.8 Å². The number of para-hydroxylation sites is 1. The number of thiazole rings is 1. The summed E-state index contributed by atoms with van der Waals surface area (Å²) < 4.78 is 15.2. The quantitative estimate of drug-likeness (QED) is 0.315. The molecule has 2 aromatic heterocycles. The third-order valence-electron chi connectivity index (χ3n) is 6.79. The molecule has 2 aromatic carbocycles. The van der Waals surface area contributed by atoms with Crippen LogP contribution in [0.4, 0.5) is 0 Å². The average Bonchev–Trinajstić information content (AvgIpc) is 3.37. The molecule has 1 aliphatic heterocycles. The molecule has 0 radical (unpaired) electrons. The fraction of sp³-hybridized carbons (Fsp3) is 0.233. The van der Waals surface area contributed by atoms with Gasteiger partial charge in [0.05, 0.1) is 29.5 Å². The van der Waals surface area contributed by atoms with Crippen molar-refractivity contribution in [2.75, 3.05) is 13.7 Å². The van der Waals surface area contributed by atoms with Gasteiger partial charge in [0.2, 0.25) is 0 Å². The lowest BCUT2D eigenvalue weighted by Crippen LogP contribution is -2.40. The summed E-state index contributed by atoms with van der Waals surface area (Å²) in [7, 11) is 1.57. The first-order valence-corrected chi connectivity index (χ1v) is 13.7. The summed E-state index contributed by atoms with van der Waals surface area (Å²) in [4.78, 5) is 32.3. The molecule has 5 rings (SSSR count). The summed E-state index contributed by atoms with van der Waals surface area (Å²) in [6.45, 7) is 7.78. The third kappa shape index (κ3) is 4.75. The Morgan fingerprint density at radius 1 is 1.13 bits per heavy atom. The van der Waals surface area contributed by atoms with Crippen molar-refractivity contribution in [3.8, 4) is 11.4 Å². The van der Waals surface area contributed by atoms with Crippen LogP contribution in [0.1, 0.15) is 42.4 Å². The molecule has 4 aromatic rings. The zero-order chi connectivity index (χ0) is 27.8. The van der Waals surface area contributed by atoms with Gasteiger partial charge in [-0.1, -0.05) is 41.1 Å². The van der Waals surface area contributed by atoms with Gasteiger partial charge in [0.25, 0.3) is 5.56 Å². The first kappa shape index (κ1) is 26.7. The Kier molecular flexibility index (Phi) is 7.34. The van der Waals surface area contributed by atoms with Crippen molar-refractivity contribution in [2.24, 2.45) is 4.99 Å². The van der Waals surface area contributed by atoms with E-state index in [4.69, 9.17) is 21.1 Å². The molecule has 0 N–H and O–H groups in total. The van der Waals surface area contributed by atoms with E-state index in [1.807, 2.05) is 68.5 Å². The monoisotopic (exact) mass is 561 g/mol. The summed E-state index contributed by atoms with van der Waals surface area (Å²) >= 11 is 7.39. The van der Waals surface area contributed by atoms with Crippen LogP contribution in [-0.2, 0) is 9.53 Å². The highest BCUT2D eigenvalue weighted by Crippen LogP contribution is 2.35. The van der Waals surface area contributed by atoms with Gasteiger partial charge in [-0.15, -0.1) is 0 Å². The van der Waals surface area contributed by atoms with Crippen molar-refractivity contribution in [3.05, 3.63) is 113 Å². The number of aromatic nitrogens is 2. The van der Waals surface area contributed by atoms with E-state index < -0.39 is 12.0 Å². The SMILES string of the molecule is CCOC(=O)C1=C(C)N=c2s/c(=C\c3cc(C)n(-c4ccc(Cl)cc4)c3C)c(=O)n2[C@@H]1c1ccccc1OC. The number of hydrogen-bond donors (Lipinski definition) is 0. The maximum Gasteiger partial charge on any atom is 0.338 e. The topological polar surface area (TPSA) is 74.8 Å². The van der Waals surface area contributed by atoms with Crippen molar-refractivity contribution in [2.45, 2.75) is 33.7 Å². The van der Waals surface area contributed by atoms with Crippen molar-refractivity contribution in [1.82, 2.24) is 9.13 Å². The molecular formula is C30H28ClN3O4S.